The molecule has 6 nitrogen and oxygen atoms in total. The number of carbonyl (C=O) groups is 1. The summed E-state index contributed by atoms with van der Waals surface area (Å²) in [7, 11) is 0. The summed E-state index contributed by atoms with van der Waals surface area (Å²) in [5.74, 6) is 1.21. The third-order valence-electron chi connectivity index (χ3n) is 5.81. The van der Waals surface area contributed by atoms with Gasteiger partial charge in [-0.05, 0) is 54.7 Å². The molecule has 5 aromatic rings. The summed E-state index contributed by atoms with van der Waals surface area (Å²) >= 11 is 0. The van der Waals surface area contributed by atoms with Crippen molar-refractivity contribution < 1.29 is 36.2 Å². The molecule has 0 aliphatic carbocycles. The van der Waals surface area contributed by atoms with Gasteiger partial charge in [0.05, 0.1) is 16.7 Å². The van der Waals surface area contributed by atoms with Crippen LogP contribution in [0, 0.1) is 34.9 Å². The molecular formula is C28H26F6N4O2. The number of anilines is 1. The van der Waals surface area contributed by atoms with E-state index < -0.39 is 34.9 Å². The summed E-state index contributed by atoms with van der Waals surface area (Å²) in [6.45, 7) is 0.0739. The standard InChI is InChI=1S/C11H11F2NO.C11H9F2NO.C6H6F2N2/c2*12-8-4-9-7(2-1-3-15)6-14-11(9)10(13)5-8;7-4-1-2-6(10-9)5(8)3-4/h4-6,14-15H,1-3H2;3-6,14H,1-2H2;1-3,10H,9H2. The predicted molar refractivity (Wildman–Crippen MR) is 140 cm³/mol. The number of hydrazine groups is 1. The maximum atomic E-state index is 13.3. The van der Waals surface area contributed by atoms with E-state index >= 15 is 0 Å². The number of halogens is 6. The highest BCUT2D eigenvalue weighted by atomic mass is 19.2. The van der Waals surface area contributed by atoms with Gasteiger partial charge in [-0.3, -0.25) is 5.84 Å². The number of rotatable bonds is 7. The number of aromatic nitrogens is 2. The number of nitrogens with two attached hydrogens (primary N) is 1. The average molecular weight is 565 g/mol. The molecule has 0 aliphatic heterocycles. The highest BCUT2D eigenvalue weighted by molar-refractivity contribution is 5.84. The van der Waals surface area contributed by atoms with Crippen molar-refractivity contribution in [2.75, 3.05) is 12.0 Å². The minimum Gasteiger partial charge on any atom is -0.396 e. The first-order valence-corrected chi connectivity index (χ1v) is 12.0. The number of nitrogen functional groups attached to an aromatic ring is 1. The van der Waals surface area contributed by atoms with Crippen LogP contribution in [0.5, 0.6) is 0 Å². The molecule has 3 aromatic carbocycles. The van der Waals surface area contributed by atoms with Crippen molar-refractivity contribution in [3.05, 3.63) is 101 Å². The fraction of sp³-hybridized carbons (Fsp3) is 0.179. The van der Waals surface area contributed by atoms with E-state index in [2.05, 4.69) is 15.4 Å². The van der Waals surface area contributed by atoms with Gasteiger partial charge in [-0.25, -0.2) is 26.3 Å². The summed E-state index contributed by atoms with van der Waals surface area (Å²) in [6.07, 6.45) is 6.09. The lowest BCUT2D eigenvalue weighted by molar-refractivity contribution is -0.107. The molecule has 0 spiro atoms. The van der Waals surface area contributed by atoms with Crippen LogP contribution in [0.1, 0.15) is 24.0 Å². The molecule has 0 saturated heterocycles. The van der Waals surface area contributed by atoms with Crippen LogP contribution in [0.3, 0.4) is 0 Å². The zero-order valence-corrected chi connectivity index (χ0v) is 21.0. The average Bonchev–Trinajstić information content (AvgIpc) is 3.51. The Morgan fingerprint density at radius 2 is 1.27 bits per heavy atom. The van der Waals surface area contributed by atoms with Gasteiger partial charge in [0, 0.05) is 54.4 Å². The number of hydrogen-bond acceptors (Lipinski definition) is 4. The van der Waals surface area contributed by atoms with Gasteiger partial charge >= 0.3 is 0 Å². The third kappa shape index (κ3) is 7.64. The minimum atomic E-state index is -0.692. The maximum absolute atomic E-state index is 13.3. The first-order valence-electron chi connectivity index (χ1n) is 12.0. The lowest BCUT2D eigenvalue weighted by Crippen LogP contribution is -2.08. The fourth-order valence-corrected chi connectivity index (χ4v) is 3.93. The molecule has 12 heteroatoms. The monoisotopic (exact) mass is 564 g/mol. The van der Waals surface area contributed by atoms with E-state index in [9.17, 15) is 31.1 Å². The number of aromatic amines is 2. The van der Waals surface area contributed by atoms with Gasteiger partial charge in [0.2, 0.25) is 0 Å². The van der Waals surface area contributed by atoms with Crippen molar-refractivity contribution in [3.63, 3.8) is 0 Å². The summed E-state index contributed by atoms with van der Waals surface area (Å²) in [6, 6.07) is 7.38. The van der Waals surface area contributed by atoms with Gasteiger partial charge in [-0.15, -0.1) is 0 Å². The third-order valence-corrected chi connectivity index (χ3v) is 5.81. The molecule has 0 bridgehead atoms. The molecule has 0 saturated carbocycles. The quantitative estimate of drug-likeness (QED) is 0.0703. The maximum Gasteiger partial charge on any atom is 0.150 e. The summed E-state index contributed by atoms with van der Waals surface area (Å²) in [5, 5.41) is 9.75. The SMILES string of the molecule is NNc1ccc(F)cc1F.O=CCCc1c[nH]c2c(F)cc(F)cc12.OCCCc1c[nH]c2c(F)cc(F)cc12. The zero-order chi connectivity index (χ0) is 29.2. The van der Waals surface area contributed by atoms with E-state index in [1.54, 1.807) is 12.4 Å². The molecule has 5 rings (SSSR count). The Bertz CT molecular complexity index is 1580. The minimum absolute atomic E-state index is 0.0739. The second kappa shape index (κ2) is 14.2. The van der Waals surface area contributed by atoms with Gasteiger partial charge in [-0.1, -0.05) is 0 Å². The van der Waals surface area contributed by atoms with Gasteiger partial charge < -0.3 is 25.3 Å². The van der Waals surface area contributed by atoms with Crippen LogP contribution in [-0.4, -0.2) is 28.0 Å². The van der Waals surface area contributed by atoms with E-state index in [4.69, 9.17) is 10.9 Å². The van der Waals surface area contributed by atoms with Gasteiger partial charge in [0.25, 0.3) is 0 Å². The number of aldehydes is 1. The number of hydrogen-bond donors (Lipinski definition) is 5. The molecule has 0 unspecified atom stereocenters. The summed E-state index contributed by atoms with van der Waals surface area (Å²) in [4.78, 5) is 15.7. The van der Waals surface area contributed by atoms with Crippen molar-refractivity contribution in [2.45, 2.75) is 25.7 Å². The predicted octanol–water partition coefficient (Wildman–Crippen LogP) is 6.20. The molecule has 0 amide bonds. The molecule has 212 valence electrons. The molecule has 0 aliphatic rings. The van der Waals surface area contributed by atoms with Crippen LogP contribution in [-0.2, 0) is 17.6 Å². The van der Waals surface area contributed by atoms with E-state index in [1.807, 2.05) is 0 Å². The van der Waals surface area contributed by atoms with Crippen LogP contribution in [0.2, 0.25) is 0 Å². The van der Waals surface area contributed by atoms with Crippen LogP contribution in [0.15, 0.2) is 54.9 Å². The number of nitrogens with one attached hydrogen (secondary N) is 3. The number of aliphatic hydroxyl groups excluding tert-OH is 1. The number of carbonyl (C=O) groups excluding carboxylic acids is 1. The fourth-order valence-electron chi connectivity index (χ4n) is 3.93. The number of fused-ring (bicyclic) bond motifs is 2. The molecule has 0 atom stereocenters. The second-order valence-corrected chi connectivity index (χ2v) is 8.55. The number of aliphatic hydroxyl groups is 1. The highest BCUT2D eigenvalue weighted by Gasteiger charge is 2.10. The topological polar surface area (TPSA) is 107 Å². The first-order chi connectivity index (χ1) is 19.2. The number of benzene rings is 3. The lowest BCUT2D eigenvalue weighted by atomic mass is 10.1. The van der Waals surface area contributed by atoms with E-state index in [-0.39, 0.29) is 17.8 Å². The Hall–Kier alpha value is -4.29. The molecule has 2 heterocycles. The van der Waals surface area contributed by atoms with Gasteiger partial charge in [-0.2, -0.15) is 0 Å². The van der Waals surface area contributed by atoms with Crippen molar-refractivity contribution in [1.82, 2.24) is 9.97 Å². The summed E-state index contributed by atoms with van der Waals surface area (Å²) < 4.78 is 77.1. The number of aryl methyl sites for hydroxylation is 2. The smallest absolute Gasteiger partial charge is 0.150 e. The molecule has 6 N–H and O–H groups in total. The Labute approximate surface area is 224 Å². The Balaban J connectivity index is 0.000000169. The molecule has 40 heavy (non-hydrogen) atoms. The Kier molecular flexibility index (Phi) is 10.7. The first kappa shape index (κ1) is 30.3. The van der Waals surface area contributed by atoms with Crippen LogP contribution in [0.4, 0.5) is 32.0 Å². The van der Waals surface area contributed by atoms with Crippen LogP contribution in [0.25, 0.3) is 21.8 Å². The van der Waals surface area contributed by atoms with Crippen molar-refractivity contribution in [1.29, 1.82) is 0 Å². The van der Waals surface area contributed by atoms with Crippen LogP contribution < -0.4 is 11.3 Å². The normalized spacial score (nSPS) is 10.6. The van der Waals surface area contributed by atoms with Crippen molar-refractivity contribution >= 4 is 33.8 Å². The van der Waals surface area contributed by atoms with E-state index in [1.165, 1.54) is 18.2 Å². The largest absolute Gasteiger partial charge is 0.396 e. The van der Waals surface area contributed by atoms with Crippen molar-refractivity contribution in [2.24, 2.45) is 5.84 Å². The van der Waals surface area contributed by atoms with Crippen molar-refractivity contribution in [3.8, 4) is 0 Å². The second-order valence-electron chi connectivity index (χ2n) is 8.55. The molecule has 0 fully saturated rings. The zero-order valence-electron chi connectivity index (χ0n) is 21.0. The summed E-state index contributed by atoms with van der Waals surface area (Å²) in [5.41, 5.74) is 4.37. The van der Waals surface area contributed by atoms with Crippen LogP contribution >= 0.6 is 0 Å². The molecule has 2 aromatic heterocycles. The molecular weight excluding hydrogens is 538 g/mol. The van der Waals surface area contributed by atoms with Gasteiger partial charge in [0.1, 0.15) is 35.4 Å². The lowest BCUT2D eigenvalue weighted by Gasteiger charge is -1.99. The molecule has 0 radical (unpaired) electrons. The Morgan fingerprint density at radius 1 is 0.750 bits per heavy atom. The number of H-pyrrole nitrogens is 2. The van der Waals surface area contributed by atoms with E-state index in [0.29, 0.717) is 42.0 Å². The Morgan fingerprint density at radius 3 is 1.75 bits per heavy atom. The van der Waals surface area contributed by atoms with E-state index in [0.717, 1.165) is 41.7 Å². The highest BCUT2D eigenvalue weighted by Crippen LogP contribution is 2.24. The van der Waals surface area contributed by atoms with Gasteiger partial charge in [0.15, 0.2) is 5.82 Å².